The van der Waals surface area contributed by atoms with E-state index >= 15 is 0 Å². The Bertz CT molecular complexity index is 440. The number of sulfonamides is 1. The Morgan fingerprint density at radius 1 is 1.30 bits per heavy atom. The van der Waals surface area contributed by atoms with E-state index in [0.717, 1.165) is 25.7 Å². The highest BCUT2D eigenvalue weighted by molar-refractivity contribution is 7.88. The molecular weight excluding hydrogens is 276 g/mol. The number of hydrogen-bond acceptors (Lipinski definition) is 3. The summed E-state index contributed by atoms with van der Waals surface area (Å²) in [5.41, 5.74) is 5.73. The van der Waals surface area contributed by atoms with E-state index in [1.165, 1.54) is 6.26 Å². The molecule has 0 spiro atoms. The van der Waals surface area contributed by atoms with Gasteiger partial charge in [0, 0.05) is 18.1 Å². The van der Waals surface area contributed by atoms with Crippen LogP contribution in [0.15, 0.2) is 4.99 Å². The van der Waals surface area contributed by atoms with E-state index in [2.05, 4.69) is 15.0 Å². The van der Waals surface area contributed by atoms with Gasteiger partial charge >= 0.3 is 0 Å². The summed E-state index contributed by atoms with van der Waals surface area (Å²) in [4.78, 5) is 4.36. The van der Waals surface area contributed by atoms with Crippen LogP contribution in [0.4, 0.5) is 0 Å². The molecule has 1 fully saturated rings. The molecule has 0 radical (unpaired) electrons. The predicted octanol–water partition coefficient (Wildman–Crippen LogP) is 0.797. The van der Waals surface area contributed by atoms with Crippen molar-refractivity contribution in [3.05, 3.63) is 0 Å². The minimum absolute atomic E-state index is 0.0232. The molecule has 1 aliphatic rings. The molecular formula is C13H28N4O2S. The van der Waals surface area contributed by atoms with Crippen molar-refractivity contribution >= 4 is 16.0 Å². The average Bonchev–Trinajstić information content (AvgIpc) is 2.23. The van der Waals surface area contributed by atoms with Gasteiger partial charge in [0.15, 0.2) is 5.96 Å². The smallest absolute Gasteiger partial charge is 0.208 e. The summed E-state index contributed by atoms with van der Waals surface area (Å²) in [7, 11) is -3.17. The van der Waals surface area contributed by atoms with Gasteiger partial charge in [-0.2, -0.15) is 0 Å². The van der Waals surface area contributed by atoms with Crippen LogP contribution >= 0.6 is 0 Å². The fourth-order valence-corrected chi connectivity index (χ4v) is 3.36. The molecule has 4 N–H and O–H groups in total. The molecule has 0 aliphatic heterocycles. The second kappa shape index (κ2) is 6.76. The van der Waals surface area contributed by atoms with Crippen LogP contribution in [0.25, 0.3) is 0 Å². The van der Waals surface area contributed by atoms with Gasteiger partial charge in [0.1, 0.15) is 0 Å². The van der Waals surface area contributed by atoms with Gasteiger partial charge in [-0.25, -0.2) is 13.1 Å². The summed E-state index contributed by atoms with van der Waals surface area (Å²) in [5.74, 6) is 0.639. The van der Waals surface area contributed by atoms with Crippen molar-refractivity contribution in [2.24, 2.45) is 16.6 Å². The third kappa shape index (κ3) is 7.09. The topological polar surface area (TPSA) is 96.6 Å². The standard InChI is InChI=1S/C13H28N4O2S/c1-13(2,3)16-12(14)15-9-10-7-5-6-8-11(10)17-20(4,18)19/h10-11,17H,5-9H2,1-4H3,(H3,14,15,16). The largest absolute Gasteiger partial charge is 0.370 e. The van der Waals surface area contributed by atoms with Crippen molar-refractivity contribution in [1.82, 2.24) is 10.0 Å². The predicted molar refractivity (Wildman–Crippen MR) is 83.1 cm³/mol. The van der Waals surface area contributed by atoms with Gasteiger partial charge < -0.3 is 11.1 Å². The van der Waals surface area contributed by atoms with Gasteiger partial charge in [0.25, 0.3) is 0 Å². The van der Waals surface area contributed by atoms with Gasteiger partial charge in [0.05, 0.1) is 6.26 Å². The van der Waals surface area contributed by atoms with Crippen LogP contribution in [-0.4, -0.2) is 38.8 Å². The zero-order chi connectivity index (χ0) is 15.4. The normalized spacial score (nSPS) is 25.5. The molecule has 0 aromatic rings. The zero-order valence-corrected chi connectivity index (χ0v) is 13.8. The first-order valence-corrected chi connectivity index (χ1v) is 9.01. The van der Waals surface area contributed by atoms with Crippen LogP contribution in [0.2, 0.25) is 0 Å². The number of rotatable bonds is 4. The molecule has 6 nitrogen and oxygen atoms in total. The molecule has 1 saturated carbocycles. The van der Waals surface area contributed by atoms with E-state index in [9.17, 15) is 8.42 Å². The summed E-state index contributed by atoms with van der Waals surface area (Å²) in [6.07, 6.45) is 5.24. The van der Waals surface area contributed by atoms with Crippen LogP contribution < -0.4 is 15.8 Å². The number of hydrogen-bond donors (Lipinski definition) is 3. The summed E-state index contributed by atoms with van der Waals surface area (Å²) < 4.78 is 25.5. The highest BCUT2D eigenvalue weighted by Gasteiger charge is 2.27. The molecule has 2 atom stereocenters. The number of nitrogens with one attached hydrogen (secondary N) is 2. The van der Waals surface area contributed by atoms with Gasteiger partial charge in [-0.15, -0.1) is 0 Å². The lowest BCUT2D eigenvalue weighted by molar-refractivity contribution is 0.296. The molecule has 0 aromatic carbocycles. The summed E-state index contributed by atoms with van der Waals surface area (Å²) in [6.45, 7) is 6.61. The molecule has 7 heteroatoms. The Morgan fingerprint density at radius 3 is 2.45 bits per heavy atom. The fourth-order valence-electron chi connectivity index (χ4n) is 2.50. The summed E-state index contributed by atoms with van der Waals surface area (Å²) in [6, 6.07) is -0.0232. The lowest BCUT2D eigenvalue weighted by atomic mass is 9.85. The maximum Gasteiger partial charge on any atom is 0.208 e. The average molecular weight is 304 g/mol. The summed E-state index contributed by atoms with van der Waals surface area (Å²) >= 11 is 0. The van der Waals surface area contributed by atoms with Crippen molar-refractivity contribution in [2.45, 2.75) is 58.0 Å². The maximum absolute atomic E-state index is 11.4. The Morgan fingerprint density at radius 2 is 1.90 bits per heavy atom. The highest BCUT2D eigenvalue weighted by Crippen LogP contribution is 2.25. The van der Waals surface area contributed by atoms with Gasteiger partial charge in [0.2, 0.25) is 10.0 Å². The van der Waals surface area contributed by atoms with Crippen LogP contribution in [0, 0.1) is 5.92 Å². The van der Waals surface area contributed by atoms with E-state index in [0.29, 0.717) is 12.5 Å². The lowest BCUT2D eigenvalue weighted by Crippen LogP contribution is -2.46. The van der Waals surface area contributed by atoms with E-state index in [-0.39, 0.29) is 17.5 Å². The molecule has 0 aromatic heterocycles. The SMILES string of the molecule is CC(C)(C)NC(N)=NCC1CCCCC1NS(C)(=O)=O. The first-order chi connectivity index (χ1) is 9.07. The van der Waals surface area contributed by atoms with Crippen LogP contribution in [0.1, 0.15) is 46.5 Å². The number of nitrogens with two attached hydrogens (primary N) is 1. The Balaban J connectivity index is 2.61. The van der Waals surface area contributed by atoms with Gasteiger partial charge in [-0.1, -0.05) is 12.8 Å². The minimum Gasteiger partial charge on any atom is -0.370 e. The molecule has 0 amide bonds. The van der Waals surface area contributed by atoms with Gasteiger partial charge in [-0.3, -0.25) is 4.99 Å². The van der Waals surface area contributed by atoms with Crippen LogP contribution in [-0.2, 0) is 10.0 Å². The molecule has 20 heavy (non-hydrogen) atoms. The molecule has 1 rings (SSSR count). The molecule has 0 saturated heterocycles. The molecule has 0 heterocycles. The first-order valence-electron chi connectivity index (χ1n) is 7.12. The minimum atomic E-state index is -3.17. The number of guanidine groups is 1. The number of nitrogens with zero attached hydrogens (tertiary/aromatic N) is 1. The monoisotopic (exact) mass is 304 g/mol. The van der Waals surface area contributed by atoms with Gasteiger partial charge in [-0.05, 0) is 39.5 Å². The second-order valence-electron chi connectivity index (χ2n) is 6.64. The number of aliphatic imine (C=N–C) groups is 1. The zero-order valence-electron chi connectivity index (χ0n) is 12.9. The highest BCUT2D eigenvalue weighted by atomic mass is 32.2. The lowest BCUT2D eigenvalue weighted by Gasteiger charge is -2.30. The van der Waals surface area contributed by atoms with Crippen molar-refractivity contribution in [1.29, 1.82) is 0 Å². The molecule has 0 bridgehead atoms. The first kappa shape index (κ1) is 17.2. The third-order valence-corrected chi connectivity index (χ3v) is 4.00. The maximum atomic E-state index is 11.4. The summed E-state index contributed by atoms with van der Waals surface area (Å²) in [5, 5.41) is 3.11. The molecule has 2 unspecified atom stereocenters. The van der Waals surface area contributed by atoms with Crippen molar-refractivity contribution in [3.8, 4) is 0 Å². The third-order valence-electron chi connectivity index (χ3n) is 3.27. The molecule has 118 valence electrons. The quantitative estimate of drug-likeness (QED) is 0.528. The van der Waals surface area contributed by atoms with Crippen molar-refractivity contribution in [3.63, 3.8) is 0 Å². The molecule has 1 aliphatic carbocycles. The van der Waals surface area contributed by atoms with Crippen molar-refractivity contribution in [2.75, 3.05) is 12.8 Å². The van der Waals surface area contributed by atoms with Crippen LogP contribution in [0.3, 0.4) is 0 Å². The van der Waals surface area contributed by atoms with E-state index < -0.39 is 10.0 Å². The van der Waals surface area contributed by atoms with Crippen LogP contribution in [0.5, 0.6) is 0 Å². The van der Waals surface area contributed by atoms with E-state index in [1.54, 1.807) is 0 Å². The Kier molecular flexibility index (Phi) is 5.82. The fraction of sp³-hybridized carbons (Fsp3) is 0.923. The second-order valence-corrected chi connectivity index (χ2v) is 8.42. The Labute approximate surface area is 122 Å². The van der Waals surface area contributed by atoms with E-state index in [4.69, 9.17) is 5.73 Å². The van der Waals surface area contributed by atoms with E-state index in [1.807, 2.05) is 20.8 Å². The van der Waals surface area contributed by atoms with Crippen molar-refractivity contribution < 1.29 is 8.42 Å². The Hall–Kier alpha value is -0.820.